The molecule has 0 amide bonds. The lowest BCUT2D eigenvalue weighted by molar-refractivity contribution is 0.324. The summed E-state index contributed by atoms with van der Waals surface area (Å²) >= 11 is 0. The third-order valence-electron chi connectivity index (χ3n) is 5.11. The van der Waals surface area contributed by atoms with Crippen molar-refractivity contribution in [3.63, 3.8) is 0 Å². The molecule has 1 heterocycles. The Labute approximate surface area is 200 Å². The lowest BCUT2D eigenvalue weighted by atomic mass is 10.1. The van der Waals surface area contributed by atoms with E-state index in [0.717, 1.165) is 25.1 Å². The van der Waals surface area contributed by atoms with Crippen LogP contribution in [0.4, 0.5) is 5.69 Å². The Kier molecular flexibility index (Phi) is 9.29. The fraction of sp³-hybridized carbons (Fsp3) is 0.348. The van der Waals surface area contributed by atoms with Crippen LogP contribution in [0.15, 0.2) is 41.5 Å². The van der Waals surface area contributed by atoms with E-state index in [1.165, 1.54) is 22.0 Å². The Balaban J connectivity index is 0.00000341. The zero-order chi connectivity index (χ0) is 21.5. The van der Waals surface area contributed by atoms with E-state index in [9.17, 15) is 0 Å². The molecule has 3 rings (SSSR count). The zero-order valence-corrected chi connectivity index (χ0v) is 21.0. The van der Waals surface area contributed by atoms with Crippen molar-refractivity contribution in [2.75, 3.05) is 40.2 Å². The molecule has 0 saturated heterocycles. The summed E-state index contributed by atoms with van der Waals surface area (Å²) in [6, 6.07) is 10.2. The minimum atomic E-state index is 0. The monoisotopic (exact) mass is 538 g/mol. The smallest absolute Gasteiger partial charge is 0.203 e. The van der Waals surface area contributed by atoms with Crippen LogP contribution in [-0.2, 0) is 12.8 Å². The predicted octanol–water partition coefficient (Wildman–Crippen LogP) is 4.60. The number of aryl methyl sites for hydroxylation is 1. The van der Waals surface area contributed by atoms with Crippen LogP contribution in [0.3, 0.4) is 0 Å². The zero-order valence-electron chi connectivity index (χ0n) is 18.7. The van der Waals surface area contributed by atoms with Crippen LogP contribution in [0.25, 0.3) is 10.9 Å². The third kappa shape index (κ3) is 5.55. The molecule has 0 radical (unpaired) electrons. The highest BCUT2D eigenvalue weighted by atomic mass is 127. The number of anilines is 1. The van der Waals surface area contributed by atoms with E-state index in [1.54, 1.807) is 28.4 Å². The third-order valence-corrected chi connectivity index (χ3v) is 5.11. The standard InChI is InChI=1S/C23H30N4O3.HI/c1-6-15-8-7-9-18-16(14-26-21(15)18)10-11-25-23(24-2)27-17-12-19(28-3)22(30-5)20(13-17)29-4;/h7-9,12-14,26H,6,10-11H2,1-5H3,(H2,24,25,27);1H. The van der Waals surface area contributed by atoms with Crippen LogP contribution in [0.2, 0.25) is 0 Å². The van der Waals surface area contributed by atoms with Gasteiger partial charge in [0.1, 0.15) is 0 Å². The number of hydrogen-bond acceptors (Lipinski definition) is 4. The molecule has 8 heteroatoms. The number of halogens is 1. The van der Waals surface area contributed by atoms with E-state index in [2.05, 4.69) is 51.9 Å². The second-order valence-electron chi connectivity index (χ2n) is 6.80. The molecule has 1 aromatic heterocycles. The van der Waals surface area contributed by atoms with E-state index in [-0.39, 0.29) is 24.0 Å². The molecular weight excluding hydrogens is 507 g/mol. The number of nitrogens with one attached hydrogen (secondary N) is 3. The van der Waals surface area contributed by atoms with Gasteiger partial charge in [0, 0.05) is 48.5 Å². The highest BCUT2D eigenvalue weighted by molar-refractivity contribution is 14.0. The van der Waals surface area contributed by atoms with Crippen molar-refractivity contribution in [1.82, 2.24) is 10.3 Å². The number of ether oxygens (including phenoxy) is 3. The second kappa shape index (κ2) is 11.7. The van der Waals surface area contributed by atoms with E-state index in [4.69, 9.17) is 14.2 Å². The van der Waals surface area contributed by atoms with Crippen molar-refractivity contribution in [2.24, 2.45) is 4.99 Å². The molecule has 0 aliphatic carbocycles. The first-order valence-corrected chi connectivity index (χ1v) is 10.0. The molecule has 3 N–H and O–H groups in total. The summed E-state index contributed by atoms with van der Waals surface area (Å²) in [5, 5.41) is 7.93. The minimum absolute atomic E-state index is 0. The van der Waals surface area contributed by atoms with E-state index >= 15 is 0 Å². The van der Waals surface area contributed by atoms with Gasteiger partial charge in [-0.1, -0.05) is 25.1 Å². The van der Waals surface area contributed by atoms with Crippen molar-refractivity contribution < 1.29 is 14.2 Å². The van der Waals surface area contributed by atoms with Gasteiger partial charge < -0.3 is 29.8 Å². The summed E-state index contributed by atoms with van der Waals surface area (Å²) in [4.78, 5) is 7.74. The topological polar surface area (TPSA) is 79.9 Å². The number of rotatable bonds is 8. The van der Waals surface area contributed by atoms with E-state index < -0.39 is 0 Å². The van der Waals surface area contributed by atoms with Gasteiger partial charge >= 0.3 is 0 Å². The molecule has 3 aromatic rings. The maximum absolute atomic E-state index is 5.42. The van der Waals surface area contributed by atoms with Gasteiger partial charge in [0.25, 0.3) is 0 Å². The summed E-state index contributed by atoms with van der Waals surface area (Å²) in [6.45, 7) is 2.92. The Hall–Kier alpha value is -2.62. The van der Waals surface area contributed by atoms with E-state index in [0.29, 0.717) is 23.2 Å². The van der Waals surface area contributed by atoms with Gasteiger partial charge in [-0.2, -0.15) is 0 Å². The van der Waals surface area contributed by atoms with Gasteiger partial charge in [0.2, 0.25) is 5.75 Å². The van der Waals surface area contributed by atoms with Gasteiger partial charge in [-0.05, 0) is 24.0 Å². The fourth-order valence-electron chi connectivity index (χ4n) is 3.56. The Morgan fingerprint density at radius 2 is 1.74 bits per heavy atom. The number of benzene rings is 2. The molecule has 0 atom stereocenters. The molecule has 0 aliphatic rings. The molecule has 0 unspecified atom stereocenters. The molecule has 0 saturated carbocycles. The summed E-state index contributed by atoms with van der Waals surface area (Å²) in [7, 11) is 6.52. The molecule has 168 valence electrons. The number of methoxy groups -OCH3 is 3. The second-order valence-corrected chi connectivity index (χ2v) is 6.80. The minimum Gasteiger partial charge on any atom is -0.493 e. The van der Waals surface area contributed by atoms with Gasteiger partial charge in [-0.3, -0.25) is 4.99 Å². The Bertz CT molecular complexity index is 1010. The van der Waals surface area contributed by atoms with Crippen LogP contribution in [0, 0.1) is 0 Å². The van der Waals surface area contributed by atoms with Crippen LogP contribution >= 0.6 is 24.0 Å². The number of nitrogens with zero attached hydrogens (tertiary/aromatic N) is 1. The van der Waals surface area contributed by atoms with Gasteiger partial charge in [0.15, 0.2) is 17.5 Å². The fourth-order valence-corrected chi connectivity index (χ4v) is 3.56. The number of para-hydroxylation sites is 1. The molecule has 7 nitrogen and oxygen atoms in total. The molecule has 0 spiro atoms. The number of hydrogen-bond donors (Lipinski definition) is 3. The van der Waals surface area contributed by atoms with Gasteiger partial charge in [-0.25, -0.2) is 0 Å². The van der Waals surface area contributed by atoms with Crippen molar-refractivity contribution in [3.05, 3.63) is 47.7 Å². The molecule has 31 heavy (non-hydrogen) atoms. The van der Waals surface area contributed by atoms with Crippen LogP contribution < -0.4 is 24.8 Å². The summed E-state index contributed by atoms with van der Waals surface area (Å²) in [6.07, 6.45) is 3.99. The largest absolute Gasteiger partial charge is 0.493 e. The van der Waals surface area contributed by atoms with Crippen LogP contribution in [-0.4, -0.2) is 45.9 Å². The first-order valence-electron chi connectivity index (χ1n) is 10.0. The Morgan fingerprint density at radius 3 is 2.32 bits per heavy atom. The van der Waals surface area contributed by atoms with Gasteiger partial charge in [0.05, 0.1) is 21.3 Å². The maximum atomic E-state index is 5.42. The normalized spacial score (nSPS) is 11.1. The highest BCUT2D eigenvalue weighted by Gasteiger charge is 2.14. The number of fused-ring (bicyclic) bond motifs is 1. The summed E-state index contributed by atoms with van der Waals surface area (Å²) in [5.74, 6) is 2.39. The predicted molar refractivity (Wildman–Crippen MR) is 138 cm³/mol. The molecule has 2 aromatic carbocycles. The average molecular weight is 538 g/mol. The van der Waals surface area contributed by atoms with E-state index in [1.807, 2.05) is 12.1 Å². The summed E-state index contributed by atoms with van der Waals surface area (Å²) < 4.78 is 16.2. The highest BCUT2D eigenvalue weighted by Crippen LogP contribution is 2.39. The van der Waals surface area contributed by atoms with Crippen molar-refractivity contribution in [3.8, 4) is 17.2 Å². The molecule has 0 fully saturated rings. The Morgan fingerprint density at radius 1 is 1.03 bits per heavy atom. The number of aromatic nitrogens is 1. The van der Waals surface area contributed by atoms with Crippen molar-refractivity contribution in [2.45, 2.75) is 19.8 Å². The lowest BCUT2D eigenvalue weighted by Gasteiger charge is -2.16. The van der Waals surface area contributed by atoms with Crippen molar-refractivity contribution in [1.29, 1.82) is 0 Å². The SMILES string of the molecule is CCc1cccc2c(CCNC(=NC)Nc3cc(OC)c(OC)c(OC)c3)c[nH]c12.I. The molecular formula is C23H31IN4O3. The number of guanidine groups is 1. The van der Waals surface area contributed by atoms with Gasteiger partial charge in [-0.15, -0.1) is 24.0 Å². The first-order chi connectivity index (χ1) is 14.6. The number of H-pyrrole nitrogens is 1. The lowest BCUT2D eigenvalue weighted by Crippen LogP contribution is -2.32. The van der Waals surface area contributed by atoms with Crippen molar-refractivity contribution >= 4 is 46.5 Å². The summed E-state index contributed by atoms with van der Waals surface area (Å²) in [5.41, 5.74) is 4.65. The number of aliphatic imine (C=N–C) groups is 1. The quantitative estimate of drug-likeness (QED) is 0.222. The average Bonchev–Trinajstić information content (AvgIpc) is 3.20. The van der Waals surface area contributed by atoms with Crippen LogP contribution in [0.1, 0.15) is 18.1 Å². The maximum Gasteiger partial charge on any atom is 0.203 e. The van der Waals surface area contributed by atoms with Crippen LogP contribution in [0.5, 0.6) is 17.2 Å². The molecule has 0 aliphatic heterocycles. The first kappa shape index (κ1) is 24.6. The number of aromatic amines is 1. The molecule has 0 bridgehead atoms.